The summed E-state index contributed by atoms with van der Waals surface area (Å²) in [6.07, 6.45) is 1.03. The van der Waals surface area contributed by atoms with E-state index in [9.17, 15) is 0 Å². The van der Waals surface area contributed by atoms with Gasteiger partial charge >= 0.3 is 0 Å². The van der Waals surface area contributed by atoms with E-state index in [0.29, 0.717) is 11.7 Å². The molecule has 3 nitrogen and oxygen atoms in total. The topological polar surface area (TPSA) is 40.8 Å². The summed E-state index contributed by atoms with van der Waals surface area (Å²) in [5, 5.41) is 12.7. The minimum atomic E-state index is 0.322. The van der Waals surface area contributed by atoms with Gasteiger partial charge in [0, 0.05) is 29.8 Å². The van der Waals surface area contributed by atoms with E-state index >= 15 is 0 Å². The fourth-order valence-electron chi connectivity index (χ4n) is 2.47. The van der Waals surface area contributed by atoms with E-state index in [-0.39, 0.29) is 0 Å². The first-order chi connectivity index (χ1) is 10.1. The molecule has 1 unspecified atom stereocenters. The molecule has 0 aliphatic carbocycles. The Labute approximate surface area is 134 Å². The summed E-state index contributed by atoms with van der Waals surface area (Å²) in [5.41, 5.74) is 4.32. The van der Waals surface area contributed by atoms with Crippen LogP contribution in [-0.4, -0.2) is 4.57 Å². The number of aromatic nitrogens is 1. The maximum Gasteiger partial charge on any atom is 0.120 e. The third-order valence-electron chi connectivity index (χ3n) is 3.97. The Bertz CT molecular complexity index is 650. The van der Waals surface area contributed by atoms with Crippen LogP contribution in [0, 0.1) is 18.3 Å². The van der Waals surface area contributed by atoms with Gasteiger partial charge in [-0.1, -0.05) is 35.0 Å². The van der Waals surface area contributed by atoms with Gasteiger partial charge in [-0.15, -0.1) is 0 Å². The van der Waals surface area contributed by atoms with Crippen molar-refractivity contribution in [1.82, 2.24) is 9.88 Å². The van der Waals surface area contributed by atoms with Crippen molar-refractivity contribution in [2.45, 2.75) is 32.9 Å². The second-order valence-electron chi connectivity index (χ2n) is 5.20. The summed E-state index contributed by atoms with van der Waals surface area (Å²) in [6, 6.07) is 12.9. The van der Waals surface area contributed by atoms with Crippen molar-refractivity contribution in [1.29, 1.82) is 5.26 Å². The molecule has 2 rings (SSSR count). The van der Waals surface area contributed by atoms with Crippen molar-refractivity contribution < 1.29 is 0 Å². The highest BCUT2D eigenvalue weighted by Gasteiger charge is 2.12. The molecule has 0 aliphatic rings. The van der Waals surface area contributed by atoms with Gasteiger partial charge < -0.3 is 9.88 Å². The Morgan fingerprint density at radius 2 is 2.00 bits per heavy atom. The average Bonchev–Trinajstić information content (AvgIpc) is 2.77. The molecule has 0 amide bonds. The molecule has 0 spiro atoms. The summed E-state index contributed by atoms with van der Waals surface area (Å²) in [5.74, 6) is 0. The van der Waals surface area contributed by atoms with Crippen LogP contribution in [0.3, 0.4) is 0 Å². The number of nitriles is 1. The minimum Gasteiger partial charge on any atom is -0.340 e. The monoisotopic (exact) mass is 345 g/mol. The molecule has 4 heteroatoms. The van der Waals surface area contributed by atoms with Crippen LogP contribution in [0.1, 0.15) is 41.9 Å². The molecule has 0 radical (unpaired) electrons. The van der Waals surface area contributed by atoms with Crippen LogP contribution in [0.2, 0.25) is 0 Å². The van der Waals surface area contributed by atoms with E-state index < -0.39 is 0 Å². The summed E-state index contributed by atoms with van der Waals surface area (Å²) < 4.78 is 3.04. The van der Waals surface area contributed by atoms with E-state index in [0.717, 1.165) is 23.1 Å². The number of hydrogen-bond acceptors (Lipinski definition) is 2. The van der Waals surface area contributed by atoms with Crippen molar-refractivity contribution in [2.24, 2.45) is 7.05 Å². The first-order valence-corrected chi connectivity index (χ1v) is 7.90. The van der Waals surface area contributed by atoms with Crippen molar-refractivity contribution in [3.8, 4) is 6.07 Å². The number of nitrogens with one attached hydrogen (secondary N) is 1. The highest BCUT2D eigenvalue weighted by molar-refractivity contribution is 9.10. The largest absolute Gasteiger partial charge is 0.340 e. The highest BCUT2D eigenvalue weighted by atomic mass is 79.9. The molecule has 2 aromatic rings. The normalized spacial score (nSPS) is 12.1. The molecule has 0 fully saturated rings. The molecule has 1 heterocycles. The highest BCUT2D eigenvalue weighted by Crippen LogP contribution is 2.21. The molecule has 1 aromatic carbocycles. The lowest BCUT2D eigenvalue weighted by Gasteiger charge is -2.17. The zero-order valence-corrected chi connectivity index (χ0v) is 14.2. The smallest absolute Gasteiger partial charge is 0.120 e. The van der Waals surface area contributed by atoms with Gasteiger partial charge in [0.05, 0.1) is 0 Å². The Hall–Kier alpha value is -1.57. The second-order valence-corrected chi connectivity index (χ2v) is 6.12. The summed E-state index contributed by atoms with van der Waals surface area (Å²) >= 11 is 3.47. The maximum atomic E-state index is 9.09. The number of benzene rings is 1. The Balaban J connectivity index is 2.10. The Morgan fingerprint density at radius 3 is 2.52 bits per heavy atom. The quantitative estimate of drug-likeness (QED) is 0.881. The van der Waals surface area contributed by atoms with Crippen LogP contribution in [0.5, 0.6) is 0 Å². The van der Waals surface area contributed by atoms with E-state index in [1.54, 1.807) is 0 Å². The predicted octanol–water partition coefficient (Wildman–Crippen LogP) is 4.21. The van der Waals surface area contributed by atoms with Crippen LogP contribution in [0.25, 0.3) is 0 Å². The SMILES string of the molecule is CCC(NCc1cc(C#N)n(C)c1C)c1ccc(Br)cc1. The number of nitrogens with zero attached hydrogens (tertiary/aromatic N) is 2. The second kappa shape index (κ2) is 6.93. The van der Waals surface area contributed by atoms with E-state index in [2.05, 4.69) is 65.4 Å². The molecule has 1 N–H and O–H groups in total. The van der Waals surface area contributed by atoms with Crippen LogP contribution >= 0.6 is 15.9 Å². The van der Waals surface area contributed by atoms with E-state index in [1.807, 2.05) is 17.7 Å². The van der Waals surface area contributed by atoms with E-state index in [1.165, 1.54) is 11.1 Å². The molecule has 0 saturated carbocycles. The molecule has 110 valence electrons. The molecule has 21 heavy (non-hydrogen) atoms. The molecular formula is C17H20BrN3. The summed E-state index contributed by atoms with van der Waals surface area (Å²) in [6.45, 7) is 5.01. The van der Waals surface area contributed by atoms with Crippen molar-refractivity contribution in [3.63, 3.8) is 0 Å². The van der Waals surface area contributed by atoms with Gasteiger partial charge in [0.2, 0.25) is 0 Å². The standard InChI is InChI=1S/C17H20BrN3/c1-4-17(13-5-7-15(18)8-6-13)20-11-14-9-16(10-19)21(3)12(14)2/h5-9,17,20H,4,11H2,1-3H3. The van der Waals surface area contributed by atoms with Gasteiger partial charge in [0.15, 0.2) is 0 Å². The maximum absolute atomic E-state index is 9.09. The van der Waals surface area contributed by atoms with Crippen LogP contribution in [-0.2, 0) is 13.6 Å². The predicted molar refractivity (Wildman–Crippen MR) is 88.9 cm³/mol. The van der Waals surface area contributed by atoms with E-state index in [4.69, 9.17) is 5.26 Å². The van der Waals surface area contributed by atoms with Gasteiger partial charge in [-0.3, -0.25) is 0 Å². The molecule has 0 bridgehead atoms. The average molecular weight is 346 g/mol. The third-order valence-corrected chi connectivity index (χ3v) is 4.50. The Kier molecular flexibility index (Phi) is 5.22. The number of rotatable bonds is 5. The van der Waals surface area contributed by atoms with Gasteiger partial charge in [-0.25, -0.2) is 0 Å². The molecule has 0 aliphatic heterocycles. The lowest BCUT2D eigenvalue weighted by molar-refractivity contribution is 0.517. The first-order valence-electron chi connectivity index (χ1n) is 7.11. The van der Waals surface area contributed by atoms with Crippen molar-refractivity contribution >= 4 is 15.9 Å². The van der Waals surface area contributed by atoms with Crippen molar-refractivity contribution in [2.75, 3.05) is 0 Å². The zero-order valence-electron chi connectivity index (χ0n) is 12.7. The third kappa shape index (κ3) is 3.55. The van der Waals surface area contributed by atoms with Crippen LogP contribution in [0.15, 0.2) is 34.8 Å². The lowest BCUT2D eigenvalue weighted by atomic mass is 10.0. The zero-order chi connectivity index (χ0) is 15.4. The summed E-state index contributed by atoms with van der Waals surface area (Å²) in [4.78, 5) is 0. The molecule has 0 saturated heterocycles. The van der Waals surface area contributed by atoms with Gasteiger partial charge in [-0.2, -0.15) is 5.26 Å². The number of hydrogen-bond donors (Lipinski definition) is 1. The summed E-state index contributed by atoms with van der Waals surface area (Å²) in [7, 11) is 1.93. The fourth-order valence-corrected chi connectivity index (χ4v) is 2.74. The van der Waals surface area contributed by atoms with Crippen LogP contribution < -0.4 is 5.32 Å². The first kappa shape index (κ1) is 15.8. The van der Waals surface area contributed by atoms with Crippen LogP contribution in [0.4, 0.5) is 0 Å². The Morgan fingerprint density at radius 1 is 1.33 bits per heavy atom. The minimum absolute atomic E-state index is 0.322. The molecule has 1 aromatic heterocycles. The van der Waals surface area contributed by atoms with Gasteiger partial charge in [-0.05, 0) is 42.7 Å². The van der Waals surface area contributed by atoms with Gasteiger partial charge in [0.1, 0.15) is 11.8 Å². The molecular weight excluding hydrogens is 326 g/mol. The lowest BCUT2D eigenvalue weighted by Crippen LogP contribution is -2.20. The van der Waals surface area contributed by atoms with Crippen molar-refractivity contribution in [3.05, 3.63) is 57.3 Å². The fraction of sp³-hybridized carbons (Fsp3) is 0.353. The number of halogens is 1. The van der Waals surface area contributed by atoms with Gasteiger partial charge in [0.25, 0.3) is 0 Å². The molecule has 1 atom stereocenters.